The van der Waals surface area contributed by atoms with Crippen molar-refractivity contribution < 1.29 is 9.13 Å². The van der Waals surface area contributed by atoms with Gasteiger partial charge in [0.1, 0.15) is 17.3 Å². The van der Waals surface area contributed by atoms with E-state index in [1.165, 1.54) is 12.3 Å². The largest absolute Gasteiger partial charge is 0.457 e. The molecule has 0 aliphatic heterocycles. The number of ether oxygens (including phenoxy) is 1. The first-order valence-corrected chi connectivity index (χ1v) is 7.23. The third kappa shape index (κ3) is 4.23. The minimum atomic E-state index is -0.338. The van der Waals surface area contributed by atoms with Crippen molar-refractivity contribution in [2.24, 2.45) is 4.99 Å². The Morgan fingerprint density at radius 2 is 1.78 bits per heavy atom. The maximum absolute atomic E-state index is 13.9. The van der Waals surface area contributed by atoms with Crippen molar-refractivity contribution >= 4 is 6.21 Å². The fraction of sp³-hybridized carbons (Fsp3) is 0.0526. The van der Waals surface area contributed by atoms with Crippen LogP contribution in [-0.2, 0) is 6.54 Å². The number of rotatable bonds is 5. The number of benzene rings is 2. The minimum Gasteiger partial charge on any atom is -0.457 e. The van der Waals surface area contributed by atoms with E-state index in [2.05, 4.69) is 9.98 Å². The van der Waals surface area contributed by atoms with Crippen LogP contribution in [0.5, 0.6) is 11.5 Å². The molecule has 23 heavy (non-hydrogen) atoms. The van der Waals surface area contributed by atoms with Gasteiger partial charge in [0.25, 0.3) is 0 Å². The van der Waals surface area contributed by atoms with Gasteiger partial charge >= 0.3 is 0 Å². The van der Waals surface area contributed by atoms with Crippen LogP contribution in [0.1, 0.15) is 11.3 Å². The Labute approximate surface area is 134 Å². The lowest BCUT2D eigenvalue weighted by molar-refractivity contribution is 0.480. The molecule has 1 aromatic heterocycles. The SMILES string of the molecule is Fc1ccc(Oc2ccccc2)cc1C=NCc1ccccn1. The number of para-hydroxylation sites is 1. The topological polar surface area (TPSA) is 34.5 Å². The van der Waals surface area contributed by atoms with Crippen molar-refractivity contribution in [3.63, 3.8) is 0 Å². The van der Waals surface area contributed by atoms with Crippen molar-refractivity contribution in [2.45, 2.75) is 6.54 Å². The lowest BCUT2D eigenvalue weighted by Gasteiger charge is -2.06. The highest BCUT2D eigenvalue weighted by molar-refractivity contribution is 5.80. The predicted molar refractivity (Wildman–Crippen MR) is 88.5 cm³/mol. The van der Waals surface area contributed by atoms with Gasteiger partial charge in [-0.15, -0.1) is 0 Å². The molecular formula is C19H15FN2O. The van der Waals surface area contributed by atoms with Crippen LogP contribution in [0, 0.1) is 5.82 Å². The molecule has 2 aromatic carbocycles. The highest BCUT2D eigenvalue weighted by Gasteiger charge is 2.03. The second kappa shape index (κ2) is 7.31. The summed E-state index contributed by atoms with van der Waals surface area (Å²) in [6, 6.07) is 19.6. The smallest absolute Gasteiger partial charge is 0.132 e. The zero-order chi connectivity index (χ0) is 15.9. The summed E-state index contributed by atoms with van der Waals surface area (Å²) in [5.41, 5.74) is 1.22. The van der Waals surface area contributed by atoms with Gasteiger partial charge in [0.2, 0.25) is 0 Å². The summed E-state index contributed by atoms with van der Waals surface area (Å²) in [7, 11) is 0. The van der Waals surface area contributed by atoms with Gasteiger partial charge in [0, 0.05) is 18.0 Å². The summed E-state index contributed by atoms with van der Waals surface area (Å²) in [4.78, 5) is 8.41. The van der Waals surface area contributed by atoms with Crippen LogP contribution in [0.25, 0.3) is 0 Å². The van der Waals surface area contributed by atoms with Crippen LogP contribution in [0.3, 0.4) is 0 Å². The number of halogens is 1. The summed E-state index contributed by atoms with van der Waals surface area (Å²) in [6.45, 7) is 0.407. The van der Waals surface area contributed by atoms with Gasteiger partial charge in [-0.05, 0) is 42.5 Å². The molecule has 0 bridgehead atoms. The van der Waals surface area contributed by atoms with E-state index in [0.717, 1.165) is 5.69 Å². The Kier molecular flexibility index (Phi) is 4.74. The van der Waals surface area contributed by atoms with Gasteiger partial charge in [0.15, 0.2) is 0 Å². The van der Waals surface area contributed by atoms with Crippen molar-refractivity contribution in [3.8, 4) is 11.5 Å². The Balaban J connectivity index is 1.73. The Morgan fingerprint density at radius 3 is 2.57 bits per heavy atom. The van der Waals surface area contributed by atoms with E-state index in [9.17, 15) is 4.39 Å². The van der Waals surface area contributed by atoms with Crippen LogP contribution in [0.4, 0.5) is 4.39 Å². The quantitative estimate of drug-likeness (QED) is 0.644. The molecule has 0 atom stereocenters. The lowest BCUT2D eigenvalue weighted by Crippen LogP contribution is -1.92. The molecule has 114 valence electrons. The predicted octanol–water partition coefficient (Wildman–Crippen LogP) is 4.63. The van der Waals surface area contributed by atoms with Gasteiger partial charge < -0.3 is 4.74 Å². The zero-order valence-electron chi connectivity index (χ0n) is 12.4. The van der Waals surface area contributed by atoms with Crippen molar-refractivity contribution in [3.05, 3.63) is 90.0 Å². The number of pyridine rings is 1. The minimum absolute atomic E-state index is 0.338. The number of nitrogens with zero attached hydrogens (tertiary/aromatic N) is 2. The monoisotopic (exact) mass is 306 g/mol. The molecule has 0 saturated heterocycles. The van der Waals surface area contributed by atoms with E-state index in [-0.39, 0.29) is 5.82 Å². The number of hydrogen-bond acceptors (Lipinski definition) is 3. The van der Waals surface area contributed by atoms with Gasteiger partial charge in [-0.2, -0.15) is 0 Å². The standard InChI is InChI=1S/C19H15FN2O/c20-19-10-9-18(23-17-7-2-1-3-8-17)12-15(19)13-21-14-16-6-4-5-11-22-16/h1-13H,14H2. The maximum atomic E-state index is 13.9. The first kappa shape index (κ1) is 14.9. The molecular weight excluding hydrogens is 291 g/mol. The Bertz CT molecular complexity index is 789. The average molecular weight is 306 g/mol. The maximum Gasteiger partial charge on any atom is 0.132 e. The molecule has 0 radical (unpaired) electrons. The van der Waals surface area contributed by atoms with Gasteiger partial charge in [-0.25, -0.2) is 4.39 Å². The molecule has 3 aromatic rings. The van der Waals surface area contributed by atoms with Crippen molar-refractivity contribution in [1.82, 2.24) is 4.98 Å². The van der Waals surface area contributed by atoms with Crippen LogP contribution < -0.4 is 4.74 Å². The summed E-state index contributed by atoms with van der Waals surface area (Å²) in [6.07, 6.45) is 3.21. The van der Waals surface area contributed by atoms with Gasteiger partial charge in [0.05, 0.1) is 12.2 Å². The Morgan fingerprint density at radius 1 is 0.957 bits per heavy atom. The molecule has 0 unspecified atom stereocenters. The molecule has 1 heterocycles. The molecule has 3 nitrogen and oxygen atoms in total. The molecule has 0 spiro atoms. The van der Waals surface area contributed by atoms with Crippen LogP contribution in [0.2, 0.25) is 0 Å². The normalized spacial score (nSPS) is 10.8. The van der Waals surface area contributed by atoms with E-state index in [1.54, 1.807) is 18.3 Å². The zero-order valence-corrected chi connectivity index (χ0v) is 12.4. The van der Waals surface area contributed by atoms with Crippen LogP contribution >= 0.6 is 0 Å². The number of aliphatic imine (C=N–C) groups is 1. The molecule has 0 aliphatic carbocycles. The van der Waals surface area contributed by atoms with Crippen molar-refractivity contribution in [1.29, 1.82) is 0 Å². The molecule has 0 aliphatic rings. The molecule has 0 N–H and O–H groups in total. The second-order valence-electron chi connectivity index (χ2n) is 4.89. The molecule has 4 heteroatoms. The first-order chi connectivity index (χ1) is 11.3. The van der Waals surface area contributed by atoms with E-state index in [4.69, 9.17) is 4.74 Å². The third-order valence-corrected chi connectivity index (χ3v) is 3.16. The van der Waals surface area contributed by atoms with Gasteiger partial charge in [-0.3, -0.25) is 9.98 Å². The van der Waals surface area contributed by atoms with E-state index < -0.39 is 0 Å². The summed E-state index contributed by atoms with van der Waals surface area (Å²) in [5, 5.41) is 0. The Hall–Kier alpha value is -3.01. The second-order valence-corrected chi connectivity index (χ2v) is 4.89. The first-order valence-electron chi connectivity index (χ1n) is 7.23. The highest BCUT2D eigenvalue weighted by Crippen LogP contribution is 2.22. The van der Waals surface area contributed by atoms with E-state index in [1.807, 2.05) is 48.5 Å². The molecule has 3 rings (SSSR count). The van der Waals surface area contributed by atoms with Crippen LogP contribution in [-0.4, -0.2) is 11.2 Å². The third-order valence-electron chi connectivity index (χ3n) is 3.16. The van der Waals surface area contributed by atoms with Gasteiger partial charge in [-0.1, -0.05) is 24.3 Å². The summed E-state index contributed by atoms with van der Waals surface area (Å²) >= 11 is 0. The average Bonchev–Trinajstić information content (AvgIpc) is 2.59. The van der Waals surface area contributed by atoms with Crippen molar-refractivity contribution in [2.75, 3.05) is 0 Å². The van der Waals surface area contributed by atoms with Crippen LogP contribution in [0.15, 0.2) is 77.9 Å². The summed E-state index contributed by atoms with van der Waals surface area (Å²) in [5.74, 6) is 0.933. The highest BCUT2D eigenvalue weighted by atomic mass is 19.1. The van der Waals surface area contributed by atoms with E-state index in [0.29, 0.717) is 23.6 Å². The number of aromatic nitrogens is 1. The lowest BCUT2D eigenvalue weighted by atomic mass is 10.2. The fourth-order valence-corrected chi connectivity index (χ4v) is 2.04. The fourth-order valence-electron chi connectivity index (χ4n) is 2.04. The molecule has 0 amide bonds. The summed E-state index contributed by atoms with van der Waals surface area (Å²) < 4.78 is 19.6. The van der Waals surface area contributed by atoms with E-state index >= 15 is 0 Å². The number of hydrogen-bond donors (Lipinski definition) is 0. The molecule has 0 saturated carbocycles. The molecule has 0 fully saturated rings.